The summed E-state index contributed by atoms with van der Waals surface area (Å²) < 4.78 is 0. The summed E-state index contributed by atoms with van der Waals surface area (Å²) in [5, 5.41) is 42.8. The first-order valence-corrected chi connectivity index (χ1v) is 5.85. The molecule has 0 bridgehead atoms. The summed E-state index contributed by atoms with van der Waals surface area (Å²) in [6.07, 6.45) is 0.173. The molecule has 8 nitrogen and oxygen atoms in total. The summed E-state index contributed by atoms with van der Waals surface area (Å²) in [5.41, 5.74) is -3.73. The van der Waals surface area contributed by atoms with Gasteiger partial charge in [0.15, 0.2) is 10.8 Å². The molecule has 1 fully saturated rings. The predicted molar refractivity (Wildman–Crippen MR) is 66.2 cm³/mol. The van der Waals surface area contributed by atoms with Crippen LogP contribution in [-0.4, -0.2) is 30.3 Å². The van der Waals surface area contributed by atoms with Gasteiger partial charge in [-0.15, -0.1) is 4.91 Å². The maximum Gasteiger partial charge on any atom is 0.199 e. The normalized spacial score (nSPS) is 25.8. The van der Waals surface area contributed by atoms with E-state index in [1.54, 1.807) is 19.1 Å². The molecule has 0 aromatic rings. The fourth-order valence-corrected chi connectivity index (χ4v) is 2.79. The topological polar surface area (TPSA) is 131 Å². The van der Waals surface area contributed by atoms with Crippen LogP contribution in [0.4, 0.5) is 0 Å². The van der Waals surface area contributed by atoms with Gasteiger partial charge in [-0.1, -0.05) is 6.92 Å². The Hall–Kier alpha value is -2.68. The van der Waals surface area contributed by atoms with Gasteiger partial charge in [0.1, 0.15) is 6.04 Å². The third-order valence-corrected chi connectivity index (χ3v) is 3.92. The van der Waals surface area contributed by atoms with Crippen molar-refractivity contribution in [3.63, 3.8) is 0 Å². The Kier molecular flexibility index (Phi) is 3.95. The Balaban J connectivity index is 3.58. The van der Waals surface area contributed by atoms with Gasteiger partial charge in [-0.25, -0.2) is 5.01 Å². The summed E-state index contributed by atoms with van der Waals surface area (Å²) >= 11 is 0. The van der Waals surface area contributed by atoms with Crippen LogP contribution in [0.3, 0.4) is 0 Å². The maximum absolute atomic E-state index is 11.0. The third-order valence-electron chi connectivity index (χ3n) is 3.92. The highest BCUT2D eigenvalue weighted by Gasteiger charge is 2.69. The van der Waals surface area contributed by atoms with Gasteiger partial charge in [0.05, 0.1) is 29.6 Å². The fraction of sp³-hybridized carbons (Fsp3) is 0.667. The van der Waals surface area contributed by atoms with E-state index in [1.165, 1.54) is 19.1 Å². The molecule has 0 aromatic heterocycles. The van der Waals surface area contributed by atoms with E-state index in [0.717, 1.165) is 5.12 Å². The molecule has 0 unspecified atom stereocenters. The predicted octanol–water partition coefficient (Wildman–Crippen LogP) is 0.922. The molecule has 0 spiro atoms. The Morgan fingerprint density at radius 3 is 1.80 bits per heavy atom. The van der Waals surface area contributed by atoms with Crippen LogP contribution in [0.25, 0.3) is 0 Å². The van der Waals surface area contributed by atoms with Crippen LogP contribution in [0.15, 0.2) is 5.29 Å². The number of hydrogen-bond acceptors (Lipinski definition) is 7. The highest BCUT2D eigenvalue weighted by atomic mass is 16.3. The minimum absolute atomic E-state index is 0.173. The van der Waals surface area contributed by atoms with Gasteiger partial charge < -0.3 is 0 Å². The molecule has 1 aliphatic rings. The second-order valence-corrected chi connectivity index (χ2v) is 4.97. The number of hydrazine groups is 1. The van der Waals surface area contributed by atoms with Crippen molar-refractivity contribution in [3.05, 3.63) is 4.91 Å². The summed E-state index contributed by atoms with van der Waals surface area (Å²) in [7, 11) is 3.06. The zero-order valence-corrected chi connectivity index (χ0v) is 11.4. The van der Waals surface area contributed by atoms with E-state index in [2.05, 4.69) is 5.29 Å². The van der Waals surface area contributed by atoms with Crippen molar-refractivity contribution in [2.75, 3.05) is 14.1 Å². The first-order chi connectivity index (χ1) is 9.40. The summed E-state index contributed by atoms with van der Waals surface area (Å²) in [6.45, 7) is 1.62. The van der Waals surface area contributed by atoms with Gasteiger partial charge in [-0.3, -0.25) is 0 Å². The summed E-state index contributed by atoms with van der Waals surface area (Å²) in [4.78, 5) is 11.0. The Morgan fingerprint density at radius 2 is 1.50 bits per heavy atom. The second-order valence-electron chi connectivity index (χ2n) is 4.97. The lowest BCUT2D eigenvalue weighted by molar-refractivity contribution is -0.0421. The Labute approximate surface area is 116 Å². The van der Waals surface area contributed by atoms with Gasteiger partial charge in [0.25, 0.3) is 0 Å². The molecule has 0 N–H and O–H groups in total. The Bertz CT molecular complexity index is 543. The van der Waals surface area contributed by atoms with Gasteiger partial charge >= 0.3 is 0 Å². The number of rotatable bonds is 3. The lowest BCUT2D eigenvalue weighted by Crippen LogP contribution is -2.51. The number of nitrogens with zero attached hydrogens (tertiary/aromatic N) is 7. The molecule has 0 aliphatic heterocycles. The van der Waals surface area contributed by atoms with E-state index in [0.29, 0.717) is 0 Å². The minimum Gasteiger partial charge on any atom is -0.208 e. The molecule has 0 radical (unpaired) electrons. The van der Waals surface area contributed by atoms with Gasteiger partial charge in [-0.05, 0) is 12.3 Å². The van der Waals surface area contributed by atoms with Crippen molar-refractivity contribution >= 4 is 0 Å². The molecule has 1 aliphatic carbocycles. The standard InChI is InChI=1S/C12H13N7O/c1-9-4-10(19(17-20)18(2)3)12(7-15,8-16)11(9,5-13)6-14/h9-10H,4H2,1-3H3/t9-,10-/m0/s1. The highest BCUT2D eigenvalue weighted by molar-refractivity contribution is 5.41. The average molecular weight is 271 g/mol. The lowest BCUT2D eigenvalue weighted by Gasteiger charge is -2.35. The molecule has 0 amide bonds. The van der Waals surface area contributed by atoms with Gasteiger partial charge in [-0.2, -0.15) is 26.2 Å². The van der Waals surface area contributed by atoms with Crippen molar-refractivity contribution in [1.82, 2.24) is 10.1 Å². The molecular formula is C12H13N7O. The SMILES string of the molecule is C[C@H]1C[C@H](N(N=O)N(C)C)C(C#N)(C#N)C1(C#N)C#N. The average Bonchev–Trinajstić information content (AvgIpc) is 2.68. The van der Waals surface area contributed by atoms with Crippen LogP contribution in [0.2, 0.25) is 0 Å². The number of nitriles is 4. The van der Waals surface area contributed by atoms with Crippen molar-refractivity contribution in [2.24, 2.45) is 22.0 Å². The Morgan fingerprint density at radius 1 is 1.05 bits per heavy atom. The molecule has 8 heteroatoms. The fourth-order valence-electron chi connectivity index (χ4n) is 2.79. The molecule has 1 saturated carbocycles. The van der Waals surface area contributed by atoms with Crippen LogP contribution < -0.4 is 0 Å². The summed E-state index contributed by atoms with van der Waals surface area (Å²) in [5.74, 6) is -0.536. The van der Waals surface area contributed by atoms with E-state index >= 15 is 0 Å². The zero-order valence-electron chi connectivity index (χ0n) is 11.4. The van der Waals surface area contributed by atoms with E-state index in [9.17, 15) is 26.0 Å². The van der Waals surface area contributed by atoms with Crippen molar-refractivity contribution in [3.8, 4) is 24.3 Å². The smallest absolute Gasteiger partial charge is 0.199 e. The molecule has 2 atom stereocenters. The molecule has 1 rings (SSSR count). The maximum atomic E-state index is 11.0. The van der Waals surface area contributed by atoms with Crippen molar-refractivity contribution in [1.29, 1.82) is 21.0 Å². The first-order valence-electron chi connectivity index (χ1n) is 5.85. The largest absolute Gasteiger partial charge is 0.208 e. The van der Waals surface area contributed by atoms with E-state index in [1.807, 2.05) is 12.1 Å². The van der Waals surface area contributed by atoms with Crippen LogP contribution in [0, 0.1) is 67.0 Å². The van der Waals surface area contributed by atoms with Crippen molar-refractivity contribution in [2.45, 2.75) is 19.4 Å². The first kappa shape index (κ1) is 15.4. The van der Waals surface area contributed by atoms with Crippen LogP contribution in [0.1, 0.15) is 13.3 Å². The van der Waals surface area contributed by atoms with Crippen LogP contribution in [0.5, 0.6) is 0 Å². The van der Waals surface area contributed by atoms with Crippen molar-refractivity contribution < 1.29 is 0 Å². The number of nitroso groups, excluding NO2 is 1. The number of hydrogen-bond donors (Lipinski definition) is 0. The zero-order chi connectivity index (χ0) is 15.6. The highest BCUT2D eigenvalue weighted by Crippen LogP contribution is 2.57. The van der Waals surface area contributed by atoms with E-state index in [-0.39, 0.29) is 6.42 Å². The third kappa shape index (κ3) is 1.60. The van der Waals surface area contributed by atoms with Crippen LogP contribution in [-0.2, 0) is 0 Å². The van der Waals surface area contributed by atoms with Gasteiger partial charge in [0, 0.05) is 14.1 Å². The van der Waals surface area contributed by atoms with Gasteiger partial charge in [0.2, 0.25) is 0 Å². The second kappa shape index (κ2) is 5.13. The monoisotopic (exact) mass is 271 g/mol. The molecular weight excluding hydrogens is 258 g/mol. The quantitative estimate of drug-likeness (QED) is 0.550. The molecule has 0 saturated heterocycles. The molecule has 102 valence electrons. The van der Waals surface area contributed by atoms with E-state index < -0.39 is 22.8 Å². The van der Waals surface area contributed by atoms with E-state index in [4.69, 9.17) is 0 Å². The minimum atomic E-state index is -1.94. The van der Waals surface area contributed by atoms with Crippen LogP contribution >= 0.6 is 0 Å². The summed E-state index contributed by atoms with van der Waals surface area (Å²) in [6, 6.07) is 6.29. The molecule has 0 aromatic carbocycles. The lowest BCUT2D eigenvalue weighted by atomic mass is 9.64. The molecule has 20 heavy (non-hydrogen) atoms. The molecule has 0 heterocycles.